The fourth-order valence-corrected chi connectivity index (χ4v) is 2.25. The number of pyridine rings is 1. The highest BCUT2D eigenvalue weighted by molar-refractivity contribution is 5.85. The van der Waals surface area contributed by atoms with E-state index in [1.165, 1.54) is 25.1 Å². The zero-order valence-electron chi connectivity index (χ0n) is 9.93. The van der Waals surface area contributed by atoms with Crippen LogP contribution in [0.5, 0.6) is 5.75 Å². The molecule has 0 aliphatic heterocycles. The lowest BCUT2D eigenvalue weighted by molar-refractivity contribution is 0.0690. The molecule has 1 aliphatic rings. The topological polar surface area (TPSA) is 59.4 Å². The molecular formula is C13H17NO3. The van der Waals surface area contributed by atoms with Crippen LogP contribution < -0.4 is 4.74 Å². The summed E-state index contributed by atoms with van der Waals surface area (Å²) >= 11 is 0. The summed E-state index contributed by atoms with van der Waals surface area (Å²) in [6.07, 6.45) is 6.35. The van der Waals surface area contributed by atoms with Crippen LogP contribution in [0, 0.1) is 5.92 Å². The molecule has 2 atom stereocenters. The van der Waals surface area contributed by atoms with E-state index >= 15 is 0 Å². The molecule has 0 aromatic carbocycles. The van der Waals surface area contributed by atoms with E-state index in [1.807, 2.05) is 0 Å². The smallest absolute Gasteiger partial charge is 0.354 e. The van der Waals surface area contributed by atoms with Crippen LogP contribution in [0.2, 0.25) is 0 Å². The van der Waals surface area contributed by atoms with Gasteiger partial charge in [-0.25, -0.2) is 9.78 Å². The second-order valence-electron chi connectivity index (χ2n) is 4.70. The van der Waals surface area contributed by atoms with Gasteiger partial charge in [0.15, 0.2) is 0 Å². The number of aromatic carboxylic acids is 1. The van der Waals surface area contributed by atoms with Gasteiger partial charge in [0.05, 0.1) is 12.3 Å². The lowest BCUT2D eigenvalue weighted by atomic mass is 9.89. The summed E-state index contributed by atoms with van der Waals surface area (Å²) in [5, 5.41) is 8.73. The molecule has 1 aromatic rings. The van der Waals surface area contributed by atoms with Gasteiger partial charge in [0.25, 0.3) is 0 Å². The van der Waals surface area contributed by atoms with Gasteiger partial charge >= 0.3 is 5.97 Å². The van der Waals surface area contributed by atoms with E-state index in [9.17, 15) is 4.79 Å². The molecule has 0 spiro atoms. The van der Waals surface area contributed by atoms with Crippen molar-refractivity contribution in [2.24, 2.45) is 5.92 Å². The van der Waals surface area contributed by atoms with E-state index in [0.29, 0.717) is 11.7 Å². The van der Waals surface area contributed by atoms with E-state index in [1.54, 1.807) is 6.07 Å². The van der Waals surface area contributed by atoms with Gasteiger partial charge in [-0.05, 0) is 37.3 Å². The normalized spacial score (nSPS) is 24.3. The van der Waals surface area contributed by atoms with E-state index in [2.05, 4.69) is 11.9 Å². The Morgan fingerprint density at radius 3 is 2.88 bits per heavy atom. The summed E-state index contributed by atoms with van der Waals surface area (Å²) in [7, 11) is 0. The van der Waals surface area contributed by atoms with E-state index in [-0.39, 0.29) is 11.8 Å². The molecule has 4 nitrogen and oxygen atoms in total. The first-order valence-corrected chi connectivity index (χ1v) is 6.01. The highest BCUT2D eigenvalue weighted by Crippen LogP contribution is 2.27. The zero-order valence-corrected chi connectivity index (χ0v) is 9.93. The lowest BCUT2D eigenvalue weighted by Gasteiger charge is -2.27. The summed E-state index contributed by atoms with van der Waals surface area (Å²) in [5.74, 6) is 0.358. The van der Waals surface area contributed by atoms with Crippen molar-refractivity contribution in [1.82, 2.24) is 4.98 Å². The molecule has 0 radical (unpaired) electrons. The Bertz CT molecular complexity index is 388. The summed E-state index contributed by atoms with van der Waals surface area (Å²) < 4.78 is 5.81. The van der Waals surface area contributed by atoms with Crippen LogP contribution >= 0.6 is 0 Å². The molecule has 0 saturated heterocycles. The third-order valence-corrected chi connectivity index (χ3v) is 3.15. The number of aromatic nitrogens is 1. The van der Waals surface area contributed by atoms with Gasteiger partial charge in [-0.2, -0.15) is 0 Å². The van der Waals surface area contributed by atoms with Crippen LogP contribution in [0.3, 0.4) is 0 Å². The van der Waals surface area contributed by atoms with Crippen molar-refractivity contribution >= 4 is 5.97 Å². The predicted octanol–water partition coefficient (Wildman–Crippen LogP) is 2.74. The number of carboxylic acids is 1. The van der Waals surface area contributed by atoms with Crippen LogP contribution in [0.1, 0.15) is 43.1 Å². The molecule has 2 rings (SSSR count). The molecule has 1 heterocycles. The molecule has 2 unspecified atom stereocenters. The minimum atomic E-state index is -1.01. The Morgan fingerprint density at radius 1 is 1.47 bits per heavy atom. The Hall–Kier alpha value is -1.58. The maximum absolute atomic E-state index is 10.6. The summed E-state index contributed by atoms with van der Waals surface area (Å²) in [5.41, 5.74) is 0.0503. The van der Waals surface area contributed by atoms with Crippen molar-refractivity contribution in [1.29, 1.82) is 0 Å². The molecule has 92 valence electrons. The molecule has 0 amide bonds. The fourth-order valence-electron chi connectivity index (χ4n) is 2.25. The van der Waals surface area contributed by atoms with Gasteiger partial charge < -0.3 is 9.84 Å². The van der Waals surface area contributed by atoms with Gasteiger partial charge in [-0.3, -0.25) is 0 Å². The van der Waals surface area contributed by atoms with Gasteiger partial charge in [0.2, 0.25) is 0 Å². The maximum Gasteiger partial charge on any atom is 0.354 e. The molecule has 4 heteroatoms. The van der Waals surface area contributed by atoms with Gasteiger partial charge in [-0.15, -0.1) is 0 Å². The van der Waals surface area contributed by atoms with E-state index < -0.39 is 5.97 Å². The Kier molecular flexibility index (Phi) is 3.61. The number of rotatable bonds is 3. The standard InChI is InChI=1S/C13H17NO3/c1-9-3-2-4-10(7-9)17-11-5-6-12(13(15)16)14-8-11/h5-6,8-10H,2-4,7H2,1H3,(H,15,16). The van der Waals surface area contributed by atoms with Crippen LogP contribution in [0.25, 0.3) is 0 Å². The average Bonchev–Trinajstić information content (AvgIpc) is 2.29. The molecule has 1 saturated carbocycles. The number of carbonyl (C=O) groups is 1. The van der Waals surface area contributed by atoms with Crippen LogP contribution in [-0.2, 0) is 0 Å². The van der Waals surface area contributed by atoms with Crippen LogP contribution in [0.4, 0.5) is 0 Å². The first kappa shape index (κ1) is 11.9. The van der Waals surface area contributed by atoms with Crippen molar-refractivity contribution in [2.45, 2.75) is 38.7 Å². The molecule has 17 heavy (non-hydrogen) atoms. The van der Waals surface area contributed by atoms with Crippen LogP contribution in [0.15, 0.2) is 18.3 Å². The average molecular weight is 235 g/mol. The Labute approximate surface area is 101 Å². The second-order valence-corrected chi connectivity index (χ2v) is 4.70. The predicted molar refractivity (Wildman–Crippen MR) is 63.2 cm³/mol. The highest BCUT2D eigenvalue weighted by atomic mass is 16.5. The van der Waals surface area contributed by atoms with Crippen molar-refractivity contribution in [3.05, 3.63) is 24.0 Å². The SMILES string of the molecule is CC1CCCC(Oc2ccc(C(=O)O)nc2)C1. The minimum absolute atomic E-state index is 0.0503. The summed E-state index contributed by atoms with van der Waals surface area (Å²) in [4.78, 5) is 14.5. The van der Waals surface area contributed by atoms with Gasteiger partial charge in [0.1, 0.15) is 11.4 Å². The third-order valence-electron chi connectivity index (χ3n) is 3.15. The zero-order chi connectivity index (χ0) is 12.3. The third kappa shape index (κ3) is 3.19. The van der Waals surface area contributed by atoms with Crippen LogP contribution in [-0.4, -0.2) is 22.2 Å². The monoisotopic (exact) mass is 235 g/mol. The van der Waals surface area contributed by atoms with Gasteiger partial charge in [0, 0.05) is 0 Å². The second kappa shape index (κ2) is 5.17. The molecule has 1 N–H and O–H groups in total. The van der Waals surface area contributed by atoms with E-state index in [0.717, 1.165) is 12.8 Å². The first-order valence-electron chi connectivity index (χ1n) is 6.01. The number of hydrogen-bond donors (Lipinski definition) is 1. The van der Waals surface area contributed by atoms with Crippen molar-refractivity contribution in [2.75, 3.05) is 0 Å². The number of nitrogens with zero attached hydrogens (tertiary/aromatic N) is 1. The van der Waals surface area contributed by atoms with Crippen molar-refractivity contribution in [3.8, 4) is 5.75 Å². The number of hydrogen-bond acceptors (Lipinski definition) is 3. The maximum atomic E-state index is 10.6. The Balaban J connectivity index is 1.96. The lowest BCUT2D eigenvalue weighted by Crippen LogP contribution is -2.24. The molecule has 1 aliphatic carbocycles. The number of carboxylic acid groups (broad SMARTS) is 1. The largest absolute Gasteiger partial charge is 0.489 e. The van der Waals surface area contributed by atoms with Crippen molar-refractivity contribution < 1.29 is 14.6 Å². The molecular weight excluding hydrogens is 218 g/mol. The summed E-state index contributed by atoms with van der Waals surface area (Å²) in [6, 6.07) is 3.15. The van der Waals surface area contributed by atoms with E-state index in [4.69, 9.17) is 9.84 Å². The fraction of sp³-hybridized carbons (Fsp3) is 0.538. The molecule has 1 fully saturated rings. The minimum Gasteiger partial charge on any atom is -0.489 e. The van der Waals surface area contributed by atoms with Crippen molar-refractivity contribution in [3.63, 3.8) is 0 Å². The molecule has 0 bridgehead atoms. The number of ether oxygens (including phenoxy) is 1. The summed E-state index contributed by atoms with van der Waals surface area (Å²) in [6.45, 7) is 2.24. The first-order chi connectivity index (χ1) is 8.15. The quantitative estimate of drug-likeness (QED) is 0.875. The molecule has 1 aromatic heterocycles. The van der Waals surface area contributed by atoms with Gasteiger partial charge in [-0.1, -0.05) is 13.3 Å². The highest BCUT2D eigenvalue weighted by Gasteiger charge is 2.20. The Morgan fingerprint density at radius 2 is 2.29 bits per heavy atom.